The van der Waals surface area contributed by atoms with E-state index in [0.717, 1.165) is 6.42 Å². The Bertz CT molecular complexity index is 777. The summed E-state index contributed by atoms with van der Waals surface area (Å²) >= 11 is 1.37. The van der Waals surface area contributed by atoms with Crippen molar-refractivity contribution in [2.24, 2.45) is 11.1 Å². The van der Waals surface area contributed by atoms with Gasteiger partial charge in [0.25, 0.3) is 11.8 Å². The van der Waals surface area contributed by atoms with Crippen molar-refractivity contribution in [3.05, 3.63) is 52.2 Å². The summed E-state index contributed by atoms with van der Waals surface area (Å²) in [4.78, 5) is 27.8. The molecule has 2 heterocycles. The van der Waals surface area contributed by atoms with Crippen molar-refractivity contribution in [1.29, 1.82) is 0 Å². The van der Waals surface area contributed by atoms with E-state index in [4.69, 9.17) is 5.73 Å². The molecule has 1 unspecified atom stereocenters. The number of carbonyl (C=O) groups is 2. The van der Waals surface area contributed by atoms with E-state index in [2.05, 4.69) is 19.2 Å². The van der Waals surface area contributed by atoms with Crippen LogP contribution < -0.4 is 11.1 Å². The van der Waals surface area contributed by atoms with Crippen molar-refractivity contribution in [3.8, 4) is 0 Å². The van der Waals surface area contributed by atoms with Gasteiger partial charge in [-0.2, -0.15) is 0 Å². The third-order valence-corrected chi connectivity index (χ3v) is 5.62. The highest BCUT2D eigenvalue weighted by molar-refractivity contribution is 7.12. The standard InChI is InChI=1S/C19H23N3O2S.ClH/c1-19(2)12-22(10-9-16(19)20)18(24)13-6-3-4-7-14(13)21-17(23)15-8-5-11-25-15;/h3-8,11,16H,9-10,12,20H2,1-2H3,(H,21,23);1H. The topological polar surface area (TPSA) is 75.4 Å². The summed E-state index contributed by atoms with van der Waals surface area (Å²) in [6, 6.07) is 10.8. The first-order valence-electron chi connectivity index (χ1n) is 8.37. The lowest BCUT2D eigenvalue weighted by Gasteiger charge is -2.42. The van der Waals surface area contributed by atoms with Crippen LogP contribution in [0.4, 0.5) is 5.69 Å². The number of anilines is 1. The monoisotopic (exact) mass is 393 g/mol. The van der Waals surface area contributed by atoms with Gasteiger partial charge in [-0.3, -0.25) is 9.59 Å². The van der Waals surface area contributed by atoms with Gasteiger partial charge in [0.1, 0.15) is 0 Å². The van der Waals surface area contributed by atoms with E-state index in [1.54, 1.807) is 18.2 Å². The van der Waals surface area contributed by atoms with Gasteiger partial charge in [-0.15, -0.1) is 23.7 Å². The number of benzene rings is 1. The SMILES string of the molecule is CC1(C)CN(C(=O)c2ccccc2NC(=O)c2cccs2)CCC1N.Cl. The van der Waals surface area contributed by atoms with E-state index < -0.39 is 0 Å². The van der Waals surface area contributed by atoms with E-state index in [-0.39, 0.29) is 35.7 Å². The molecule has 0 bridgehead atoms. The second-order valence-electron chi connectivity index (χ2n) is 7.09. The Morgan fingerprint density at radius 3 is 2.62 bits per heavy atom. The zero-order chi connectivity index (χ0) is 18.0. The van der Waals surface area contributed by atoms with Gasteiger partial charge < -0.3 is 16.0 Å². The van der Waals surface area contributed by atoms with Crippen LogP contribution in [0.5, 0.6) is 0 Å². The van der Waals surface area contributed by atoms with Gasteiger partial charge in [0.2, 0.25) is 0 Å². The molecule has 1 saturated heterocycles. The van der Waals surface area contributed by atoms with Crippen LogP contribution in [0.3, 0.4) is 0 Å². The van der Waals surface area contributed by atoms with Gasteiger partial charge >= 0.3 is 0 Å². The predicted molar refractivity (Wildman–Crippen MR) is 108 cm³/mol. The molecule has 26 heavy (non-hydrogen) atoms. The Morgan fingerprint density at radius 1 is 1.23 bits per heavy atom. The molecular formula is C19H24ClN3O2S. The number of rotatable bonds is 3. The number of piperidine rings is 1. The van der Waals surface area contributed by atoms with Crippen LogP contribution in [0.2, 0.25) is 0 Å². The molecule has 2 aromatic rings. The number of nitrogens with one attached hydrogen (secondary N) is 1. The molecule has 2 amide bonds. The fourth-order valence-corrected chi connectivity index (χ4v) is 3.71. The quantitative estimate of drug-likeness (QED) is 0.836. The molecule has 0 spiro atoms. The summed E-state index contributed by atoms with van der Waals surface area (Å²) in [6.07, 6.45) is 0.780. The number of para-hydroxylation sites is 1. The fraction of sp³-hybridized carbons (Fsp3) is 0.368. The second kappa shape index (κ2) is 8.20. The molecule has 1 fully saturated rings. The highest BCUT2D eigenvalue weighted by atomic mass is 35.5. The minimum absolute atomic E-state index is 0. The zero-order valence-corrected chi connectivity index (χ0v) is 16.5. The number of amides is 2. The van der Waals surface area contributed by atoms with Crippen molar-refractivity contribution in [3.63, 3.8) is 0 Å². The maximum atomic E-state index is 13.0. The number of hydrogen-bond donors (Lipinski definition) is 2. The molecule has 5 nitrogen and oxygen atoms in total. The highest BCUT2D eigenvalue weighted by Crippen LogP contribution is 2.29. The lowest BCUT2D eigenvalue weighted by Crippen LogP contribution is -2.54. The maximum Gasteiger partial charge on any atom is 0.265 e. The van der Waals surface area contributed by atoms with Crippen LogP contribution >= 0.6 is 23.7 Å². The lowest BCUT2D eigenvalue weighted by molar-refractivity contribution is 0.0534. The molecule has 140 valence electrons. The van der Waals surface area contributed by atoms with E-state index in [9.17, 15) is 9.59 Å². The molecule has 0 saturated carbocycles. The summed E-state index contributed by atoms with van der Waals surface area (Å²) in [5.41, 5.74) is 7.10. The van der Waals surface area contributed by atoms with E-state index in [1.807, 2.05) is 28.5 Å². The van der Waals surface area contributed by atoms with Crippen LogP contribution in [-0.2, 0) is 0 Å². The summed E-state index contributed by atoms with van der Waals surface area (Å²) < 4.78 is 0. The number of likely N-dealkylation sites (tertiary alicyclic amines) is 1. The molecule has 1 aliphatic heterocycles. The third kappa shape index (κ3) is 4.26. The molecule has 3 N–H and O–H groups in total. The Kier molecular flexibility index (Phi) is 6.44. The zero-order valence-electron chi connectivity index (χ0n) is 14.9. The lowest BCUT2D eigenvalue weighted by atomic mass is 9.79. The van der Waals surface area contributed by atoms with Crippen LogP contribution in [0, 0.1) is 5.41 Å². The molecule has 1 aromatic heterocycles. The third-order valence-electron chi connectivity index (χ3n) is 4.75. The van der Waals surface area contributed by atoms with E-state index >= 15 is 0 Å². The average molecular weight is 394 g/mol. The van der Waals surface area contributed by atoms with Crippen molar-refractivity contribution in [2.75, 3.05) is 18.4 Å². The van der Waals surface area contributed by atoms with Crippen molar-refractivity contribution >= 4 is 41.2 Å². The number of carbonyl (C=O) groups excluding carboxylic acids is 2. The van der Waals surface area contributed by atoms with Gasteiger partial charge in [0, 0.05) is 19.1 Å². The highest BCUT2D eigenvalue weighted by Gasteiger charge is 2.36. The van der Waals surface area contributed by atoms with Gasteiger partial charge in [-0.05, 0) is 35.4 Å². The van der Waals surface area contributed by atoms with E-state index in [1.165, 1.54) is 11.3 Å². The first-order valence-corrected chi connectivity index (χ1v) is 9.25. The fourth-order valence-electron chi connectivity index (χ4n) is 3.09. The molecule has 0 radical (unpaired) electrons. The Morgan fingerprint density at radius 2 is 1.96 bits per heavy atom. The molecule has 0 aliphatic carbocycles. The summed E-state index contributed by atoms with van der Waals surface area (Å²) in [5.74, 6) is -0.265. The van der Waals surface area contributed by atoms with Gasteiger partial charge in [-0.25, -0.2) is 0 Å². The van der Waals surface area contributed by atoms with Gasteiger partial charge in [0.15, 0.2) is 0 Å². The number of thiophene rings is 1. The largest absolute Gasteiger partial charge is 0.338 e. The number of nitrogens with zero attached hydrogens (tertiary/aromatic N) is 1. The van der Waals surface area contributed by atoms with Gasteiger partial charge in [-0.1, -0.05) is 32.0 Å². The number of nitrogens with two attached hydrogens (primary N) is 1. The molecule has 1 aliphatic rings. The Hall–Kier alpha value is -1.89. The Balaban J connectivity index is 0.00000243. The first kappa shape index (κ1) is 20.4. The molecule has 1 aromatic carbocycles. The summed E-state index contributed by atoms with van der Waals surface area (Å²) in [7, 11) is 0. The van der Waals surface area contributed by atoms with Crippen LogP contribution in [0.1, 0.15) is 40.3 Å². The van der Waals surface area contributed by atoms with Crippen LogP contribution in [-0.4, -0.2) is 35.8 Å². The number of halogens is 1. The summed E-state index contributed by atoms with van der Waals surface area (Å²) in [5, 5.41) is 4.71. The van der Waals surface area contributed by atoms with Gasteiger partial charge in [0.05, 0.1) is 16.1 Å². The molecular weight excluding hydrogens is 370 g/mol. The van der Waals surface area contributed by atoms with Crippen molar-refractivity contribution in [2.45, 2.75) is 26.3 Å². The molecule has 3 rings (SSSR count). The second-order valence-corrected chi connectivity index (χ2v) is 8.04. The van der Waals surface area contributed by atoms with Crippen molar-refractivity contribution in [1.82, 2.24) is 4.90 Å². The minimum Gasteiger partial charge on any atom is -0.338 e. The first-order chi connectivity index (χ1) is 11.9. The van der Waals surface area contributed by atoms with E-state index in [0.29, 0.717) is 29.2 Å². The molecule has 1 atom stereocenters. The smallest absolute Gasteiger partial charge is 0.265 e. The van der Waals surface area contributed by atoms with Crippen molar-refractivity contribution < 1.29 is 9.59 Å². The maximum absolute atomic E-state index is 13.0. The predicted octanol–water partition coefficient (Wildman–Crippen LogP) is 3.62. The normalized spacial score (nSPS) is 18.7. The minimum atomic E-state index is -0.198. The van der Waals surface area contributed by atoms with Crippen LogP contribution in [0.25, 0.3) is 0 Å². The van der Waals surface area contributed by atoms with Crippen LogP contribution in [0.15, 0.2) is 41.8 Å². The molecule has 7 heteroatoms. The number of hydrogen-bond acceptors (Lipinski definition) is 4. The average Bonchev–Trinajstić information content (AvgIpc) is 3.12. The Labute approximate surface area is 164 Å². The summed E-state index contributed by atoms with van der Waals surface area (Å²) in [6.45, 7) is 5.42.